The molecule has 5 heteroatoms. The number of rotatable bonds is 5. The summed E-state index contributed by atoms with van der Waals surface area (Å²) in [7, 11) is 3.95. The minimum absolute atomic E-state index is 0.0220. The minimum atomic E-state index is -0.358. The second-order valence-electron chi connectivity index (χ2n) is 10.4. The molecule has 35 heavy (non-hydrogen) atoms. The fraction of sp³-hybridized carbons (Fsp3) is 0.267. The van der Waals surface area contributed by atoms with Gasteiger partial charge in [-0.3, -0.25) is 9.59 Å². The quantitative estimate of drug-likeness (QED) is 0.463. The molecule has 2 amide bonds. The first-order valence-electron chi connectivity index (χ1n) is 11.8. The Kier molecular flexibility index (Phi) is 6.28. The summed E-state index contributed by atoms with van der Waals surface area (Å²) in [6, 6.07) is 21.3. The Morgan fingerprint density at radius 2 is 1.40 bits per heavy atom. The zero-order valence-electron chi connectivity index (χ0n) is 21.6. The highest BCUT2D eigenvalue weighted by Gasteiger charge is 2.40. The van der Waals surface area contributed by atoms with E-state index in [1.807, 2.05) is 99.6 Å². The number of aryl methyl sites for hydroxylation is 2. The van der Waals surface area contributed by atoms with Crippen LogP contribution in [0.2, 0.25) is 0 Å². The predicted octanol–water partition coefficient (Wildman–Crippen LogP) is 6.06. The summed E-state index contributed by atoms with van der Waals surface area (Å²) < 4.78 is 0. The summed E-state index contributed by atoms with van der Waals surface area (Å²) in [4.78, 5) is 30.7. The molecule has 0 bridgehead atoms. The van der Waals surface area contributed by atoms with E-state index < -0.39 is 0 Å². The number of carbonyl (C=O) groups is 2. The normalized spacial score (nSPS) is 14.1. The van der Waals surface area contributed by atoms with Crippen LogP contribution in [0.3, 0.4) is 0 Å². The van der Waals surface area contributed by atoms with Crippen LogP contribution < -0.4 is 15.1 Å². The second-order valence-corrected chi connectivity index (χ2v) is 10.4. The Labute approximate surface area is 208 Å². The number of carbonyl (C=O) groups excluding carboxylic acids is 2. The molecule has 0 aliphatic carbocycles. The highest BCUT2D eigenvalue weighted by molar-refractivity contribution is 6.46. The maximum absolute atomic E-state index is 13.7. The van der Waals surface area contributed by atoms with E-state index in [4.69, 9.17) is 0 Å². The smallest absolute Gasteiger partial charge is 0.282 e. The van der Waals surface area contributed by atoms with Crippen LogP contribution in [0.25, 0.3) is 5.57 Å². The summed E-state index contributed by atoms with van der Waals surface area (Å²) >= 11 is 0. The molecule has 180 valence electrons. The lowest BCUT2D eigenvalue weighted by molar-refractivity contribution is -0.120. The average molecular weight is 468 g/mol. The van der Waals surface area contributed by atoms with E-state index in [0.717, 1.165) is 33.6 Å². The Hall–Kier alpha value is -3.86. The third-order valence-electron chi connectivity index (χ3n) is 6.52. The summed E-state index contributed by atoms with van der Waals surface area (Å²) in [6.45, 7) is 10.5. The first-order chi connectivity index (χ1) is 16.5. The fourth-order valence-electron chi connectivity index (χ4n) is 4.14. The number of hydrogen-bond acceptors (Lipinski definition) is 4. The predicted molar refractivity (Wildman–Crippen MR) is 145 cm³/mol. The molecule has 3 aromatic carbocycles. The van der Waals surface area contributed by atoms with E-state index in [0.29, 0.717) is 11.3 Å². The van der Waals surface area contributed by atoms with E-state index in [1.54, 1.807) is 0 Å². The molecule has 0 saturated heterocycles. The molecule has 0 fully saturated rings. The van der Waals surface area contributed by atoms with Gasteiger partial charge in [-0.05, 0) is 77.9 Å². The molecule has 0 radical (unpaired) electrons. The van der Waals surface area contributed by atoms with Crippen LogP contribution in [-0.4, -0.2) is 25.9 Å². The average Bonchev–Trinajstić information content (AvgIpc) is 3.05. The van der Waals surface area contributed by atoms with Gasteiger partial charge in [0.15, 0.2) is 0 Å². The molecule has 1 aliphatic rings. The lowest BCUT2D eigenvalue weighted by atomic mass is 9.87. The Morgan fingerprint density at radius 3 is 1.94 bits per heavy atom. The lowest BCUT2D eigenvalue weighted by Crippen LogP contribution is -2.32. The van der Waals surface area contributed by atoms with Crippen molar-refractivity contribution in [2.24, 2.45) is 0 Å². The SMILES string of the molecule is Cc1ccc(C2=C(Nc3ccc(N(C)C)cc3)C(=O)N(c3ccc(C(C)(C)C)cc3)C2=O)cc1C. The van der Waals surface area contributed by atoms with Crippen molar-refractivity contribution in [2.75, 3.05) is 29.2 Å². The van der Waals surface area contributed by atoms with E-state index >= 15 is 0 Å². The summed E-state index contributed by atoms with van der Waals surface area (Å²) in [5.74, 6) is -0.683. The van der Waals surface area contributed by atoms with Gasteiger partial charge in [0.1, 0.15) is 5.70 Å². The maximum atomic E-state index is 13.7. The first kappa shape index (κ1) is 24.3. The van der Waals surface area contributed by atoms with E-state index in [1.165, 1.54) is 4.90 Å². The van der Waals surface area contributed by atoms with Crippen LogP contribution in [0.4, 0.5) is 17.1 Å². The summed E-state index contributed by atoms with van der Waals surface area (Å²) in [5.41, 5.74) is 7.08. The van der Waals surface area contributed by atoms with Gasteiger partial charge in [-0.2, -0.15) is 0 Å². The maximum Gasteiger partial charge on any atom is 0.282 e. The van der Waals surface area contributed by atoms with Gasteiger partial charge < -0.3 is 10.2 Å². The molecule has 0 aromatic heterocycles. The Bertz CT molecular complexity index is 1310. The molecule has 0 spiro atoms. The third kappa shape index (κ3) is 4.72. The number of anilines is 3. The van der Waals surface area contributed by atoms with Gasteiger partial charge in [-0.15, -0.1) is 0 Å². The standard InChI is InChI=1S/C30H33N3O2/c1-19-8-9-21(18-20(19)2)26-27(31-23-12-16-24(17-13-23)32(6)7)29(35)33(28(26)34)25-14-10-22(11-15-25)30(3,4)5/h8-18,31H,1-7H3. The molecule has 1 aliphatic heterocycles. The number of amides is 2. The molecule has 4 rings (SSSR count). The number of hydrogen-bond donors (Lipinski definition) is 1. The zero-order valence-corrected chi connectivity index (χ0v) is 21.6. The van der Waals surface area contributed by atoms with Gasteiger partial charge >= 0.3 is 0 Å². The van der Waals surface area contributed by atoms with Crippen molar-refractivity contribution in [3.8, 4) is 0 Å². The van der Waals surface area contributed by atoms with Gasteiger partial charge in [0, 0.05) is 25.5 Å². The van der Waals surface area contributed by atoms with Crippen LogP contribution in [-0.2, 0) is 15.0 Å². The van der Waals surface area contributed by atoms with E-state index in [2.05, 4.69) is 26.1 Å². The molecule has 1 heterocycles. The van der Waals surface area contributed by atoms with Crippen molar-refractivity contribution in [1.29, 1.82) is 0 Å². The largest absolute Gasteiger partial charge is 0.378 e. The van der Waals surface area contributed by atoms with E-state index in [-0.39, 0.29) is 22.9 Å². The molecule has 3 aromatic rings. The van der Waals surface area contributed by atoms with Crippen LogP contribution in [0.1, 0.15) is 43.0 Å². The van der Waals surface area contributed by atoms with Gasteiger partial charge in [-0.25, -0.2) is 4.90 Å². The van der Waals surface area contributed by atoms with Crippen molar-refractivity contribution >= 4 is 34.4 Å². The summed E-state index contributed by atoms with van der Waals surface area (Å²) in [5, 5.41) is 3.25. The molecule has 5 nitrogen and oxygen atoms in total. The Balaban J connectivity index is 1.77. The van der Waals surface area contributed by atoms with Crippen molar-refractivity contribution in [1.82, 2.24) is 0 Å². The third-order valence-corrected chi connectivity index (χ3v) is 6.52. The van der Waals surface area contributed by atoms with Crippen molar-refractivity contribution in [3.63, 3.8) is 0 Å². The second kappa shape index (κ2) is 9.06. The van der Waals surface area contributed by atoms with Crippen LogP contribution in [0.5, 0.6) is 0 Å². The molecule has 0 saturated carbocycles. The number of benzene rings is 3. The highest BCUT2D eigenvalue weighted by Crippen LogP contribution is 2.35. The molecular formula is C30H33N3O2. The Morgan fingerprint density at radius 1 is 0.771 bits per heavy atom. The van der Waals surface area contributed by atoms with E-state index in [9.17, 15) is 9.59 Å². The first-order valence-corrected chi connectivity index (χ1v) is 11.8. The summed E-state index contributed by atoms with van der Waals surface area (Å²) in [6.07, 6.45) is 0. The van der Waals surface area contributed by atoms with Gasteiger partial charge in [0.25, 0.3) is 11.8 Å². The topological polar surface area (TPSA) is 52.7 Å². The van der Waals surface area contributed by atoms with Crippen molar-refractivity contribution in [3.05, 3.63) is 94.7 Å². The van der Waals surface area contributed by atoms with Gasteiger partial charge in [-0.1, -0.05) is 51.1 Å². The molecule has 0 atom stereocenters. The number of imide groups is 1. The lowest BCUT2D eigenvalue weighted by Gasteiger charge is -2.21. The van der Waals surface area contributed by atoms with Crippen molar-refractivity contribution in [2.45, 2.75) is 40.0 Å². The fourth-order valence-corrected chi connectivity index (χ4v) is 4.14. The number of nitrogens with zero attached hydrogens (tertiary/aromatic N) is 2. The van der Waals surface area contributed by atoms with Crippen LogP contribution >= 0.6 is 0 Å². The molecule has 0 unspecified atom stereocenters. The highest BCUT2D eigenvalue weighted by atomic mass is 16.2. The van der Waals surface area contributed by atoms with Gasteiger partial charge in [0.2, 0.25) is 0 Å². The monoisotopic (exact) mass is 467 g/mol. The van der Waals surface area contributed by atoms with Gasteiger partial charge in [0.05, 0.1) is 11.3 Å². The zero-order chi connectivity index (χ0) is 25.5. The number of nitrogens with one attached hydrogen (secondary N) is 1. The van der Waals surface area contributed by atoms with Crippen LogP contribution in [0, 0.1) is 13.8 Å². The van der Waals surface area contributed by atoms with Crippen LogP contribution in [0.15, 0.2) is 72.4 Å². The molecular weight excluding hydrogens is 434 g/mol. The van der Waals surface area contributed by atoms with Crippen molar-refractivity contribution < 1.29 is 9.59 Å². The minimum Gasteiger partial charge on any atom is -0.378 e. The molecule has 1 N–H and O–H groups in total.